The molecule has 0 saturated heterocycles. The second kappa shape index (κ2) is 7.07. The van der Waals surface area contributed by atoms with E-state index in [2.05, 4.69) is 11.6 Å². The van der Waals surface area contributed by atoms with Gasteiger partial charge in [0, 0.05) is 12.1 Å². The van der Waals surface area contributed by atoms with Crippen LogP contribution in [-0.4, -0.2) is 20.1 Å². The molecule has 0 radical (unpaired) electrons. The van der Waals surface area contributed by atoms with Crippen molar-refractivity contribution in [3.05, 3.63) is 17.1 Å². The molecule has 1 rings (SSSR count). The summed E-state index contributed by atoms with van der Waals surface area (Å²) in [6.45, 7) is 5.43. The summed E-state index contributed by atoms with van der Waals surface area (Å²) in [6, 6.07) is 0. The van der Waals surface area contributed by atoms with E-state index >= 15 is 0 Å². The second-order valence-electron chi connectivity index (χ2n) is 4.64. The number of sulfonamides is 1. The minimum atomic E-state index is -3.60. The van der Waals surface area contributed by atoms with Gasteiger partial charge >= 0.3 is 0 Å². The lowest BCUT2D eigenvalue weighted by atomic mass is 10.2. The van der Waals surface area contributed by atoms with Gasteiger partial charge in [-0.1, -0.05) is 26.2 Å². The van der Waals surface area contributed by atoms with Gasteiger partial charge in [-0.25, -0.2) is 13.1 Å². The molecule has 110 valence electrons. The van der Waals surface area contributed by atoms with Gasteiger partial charge in [0.05, 0.1) is 6.61 Å². The van der Waals surface area contributed by atoms with Gasteiger partial charge in [-0.3, -0.25) is 0 Å². The Hall–Kier alpha value is -0.850. The monoisotopic (exact) mass is 289 g/mol. The Morgan fingerprint density at radius 2 is 1.84 bits per heavy atom. The van der Waals surface area contributed by atoms with Crippen LogP contribution < -0.4 is 4.72 Å². The highest BCUT2D eigenvalue weighted by Crippen LogP contribution is 2.26. The second-order valence-corrected chi connectivity index (χ2v) is 6.34. The summed E-state index contributed by atoms with van der Waals surface area (Å²) >= 11 is 0. The predicted octanol–water partition coefficient (Wildman–Crippen LogP) is 2.25. The molecular weight excluding hydrogens is 266 g/mol. The van der Waals surface area contributed by atoms with Gasteiger partial charge in [0.2, 0.25) is 10.0 Å². The van der Waals surface area contributed by atoms with E-state index in [1.807, 2.05) is 0 Å². The highest BCUT2D eigenvalue weighted by Gasteiger charge is 2.25. The van der Waals surface area contributed by atoms with E-state index in [1.54, 1.807) is 13.8 Å². The molecule has 19 heavy (non-hydrogen) atoms. The van der Waals surface area contributed by atoms with E-state index in [0.29, 0.717) is 23.6 Å². The van der Waals surface area contributed by atoms with E-state index in [9.17, 15) is 13.5 Å². The van der Waals surface area contributed by atoms with Crippen LogP contribution in [0.5, 0.6) is 0 Å². The maximum absolute atomic E-state index is 12.2. The number of furan rings is 1. The van der Waals surface area contributed by atoms with Crippen LogP contribution >= 0.6 is 0 Å². The first kappa shape index (κ1) is 16.2. The van der Waals surface area contributed by atoms with Crippen LogP contribution in [0.25, 0.3) is 0 Å². The highest BCUT2D eigenvalue weighted by atomic mass is 32.2. The van der Waals surface area contributed by atoms with Crippen LogP contribution in [0.2, 0.25) is 0 Å². The molecule has 1 heterocycles. The molecule has 0 saturated carbocycles. The zero-order valence-corrected chi connectivity index (χ0v) is 12.6. The van der Waals surface area contributed by atoms with E-state index in [-0.39, 0.29) is 11.5 Å². The van der Waals surface area contributed by atoms with Gasteiger partial charge in [0.1, 0.15) is 16.4 Å². The SMILES string of the molecule is CCCCCCNS(=O)(=O)c1c(C)oc(C)c1CO. The molecule has 0 spiro atoms. The lowest BCUT2D eigenvalue weighted by Crippen LogP contribution is -2.26. The van der Waals surface area contributed by atoms with E-state index < -0.39 is 10.0 Å². The van der Waals surface area contributed by atoms with Crippen molar-refractivity contribution in [1.82, 2.24) is 4.72 Å². The van der Waals surface area contributed by atoms with E-state index in [1.165, 1.54) is 0 Å². The third kappa shape index (κ3) is 4.06. The number of nitrogens with one attached hydrogen (secondary N) is 1. The first-order chi connectivity index (χ1) is 8.94. The van der Waals surface area contributed by atoms with Gasteiger partial charge in [-0.2, -0.15) is 0 Å². The minimum Gasteiger partial charge on any atom is -0.465 e. The average Bonchev–Trinajstić information content (AvgIpc) is 2.63. The maximum Gasteiger partial charge on any atom is 0.244 e. The van der Waals surface area contributed by atoms with Crippen LogP contribution in [-0.2, 0) is 16.6 Å². The van der Waals surface area contributed by atoms with Crippen molar-refractivity contribution in [2.45, 2.75) is 58.0 Å². The van der Waals surface area contributed by atoms with Crippen LogP contribution in [0, 0.1) is 13.8 Å². The predicted molar refractivity (Wildman–Crippen MR) is 73.4 cm³/mol. The number of aliphatic hydroxyl groups excluding tert-OH is 1. The number of rotatable bonds is 8. The Morgan fingerprint density at radius 1 is 1.16 bits per heavy atom. The first-order valence-corrected chi connectivity index (χ1v) is 8.11. The third-order valence-electron chi connectivity index (χ3n) is 3.07. The molecule has 1 aromatic heterocycles. The molecular formula is C13H23NO4S. The highest BCUT2D eigenvalue weighted by molar-refractivity contribution is 7.89. The molecule has 5 nitrogen and oxygen atoms in total. The molecule has 0 aromatic carbocycles. The normalized spacial score (nSPS) is 12.0. The Labute approximate surface area is 115 Å². The molecule has 2 N–H and O–H groups in total. The standard InChI is InChI=1S/C13H23NO4S/c1-4-5-6-7-8-14-19(16,17)13-11(3)18-10(2)12(13)9-15/h14-15H,4-9H2,1-3H3. The molecule has 0 amide bonds. The fraction of sp³-hybridized carbons (Fsp3) is 0.692. The Kier molecular flexibility index (Phi) is 6.03. The Balaban J connectivity index is 2.77. The van der Waals surface area contributed by atoms with Gasteiger partial charge in [-0.15, -0.1) is 0 Å². The quantitative estimate of drug-likeness (QED) is 0.719. The molecule has 1 aromatic rings. The van der Waals surface area contributed by atoms with Crippen LogP contribution in [0.4, 0.5) is 0 Å². The van der Waals surface area contributed by atoms with Crippen LogP contribution in [0.1, 0.15) is 49.7 Å². The maximum atomic E-state index is 12.2. The van der Waals surface area contributed by atoms with Crippen molar-refractivity contribution in [2.24, 2.45) is 0 Å². The zero-order valence-electron chi connectivity index (χ0n) is 11.8. The molecule has 0 fully saturated rings. The number of unbranched alkanes of at least 4 members (excludes halogenated alkanes) is 3. The van der Waals surface area contributed by atoms with Crippen molar-refractivity contribution in [3.63, 3.8) is 0 Å². The number of aliphatic hydroxyl groups is 1. The number of hydrogen-bond donors (Lipinski definition) is 2. The van der Waals surface area contributed by atoms with Crippen LogP contribution in [0.3, 0.4) is 0 Å². The lowest BCUT2D eigenvalue weighted by Gasteiger charge is -2.07. The van der Waals surface area contributed by atoms with Gasteiger partial charge in [0.15, 0.2) is 0 Å². The molecule has 0 unspecified atom stereocenters. The smallest absolute Gasteiger partial charge is 0.244 e. The molecule has 0 atom stereocenters. The fourth-order valence-electron chi connectivity index (χ4n) is 2.07. The summed E-state index contributed by atoms with van der Waals surface area (Å²) in [4.78, 5) is 0.0861. The number of hydrogen-bond acceptors (Lipinski definition) is 4. The summed E-state index contributed by atoms with van der Waals surface area (Å²) in [5, 5.41) is 9.27. The molecule has 0 aliphatic heterocycles. The van der Waals surface area contributed by atoms with Gasteiger partial charge in [0.25, 0.3) is 0 Å². The zero-order chi connectivity index (χ0) is 14.5. The fourth-order valence-corrected chi connectivity index (χ4v) is 3.59. The van der Waals surface area contributed by atoms with Crippen molar-refractivity contribution < 1.29 is 17.9 Å². The Bertz CT molecular complexity index is 505. The largest absolute Gasteiger partial charge is 0.465 e. The van der Waals surface area contributed by atoms with Crippen molar-refractivity contribution in [1.29, 1.82) is 0 Å². The molecule has 6 heteroatoms. The average molecular weight is 289 g/mol. The summed E-state index contributed by atoms with van der Waals surface area (Å²) in [7, 11) is -3.60. The molecule has 0 aliphatic rings. The van der Waals surface area contributed by atoms with Crippen LogP contribution in [0.15, 0.2) is 9.31 Å². The molecule has 0 bridgehead atoms. The summed E-state index contributed by atoms with van der Waals surface area (Å²) < 4.78 is 32.2. The summed E-state index contributed by atoms with van der Waals surface area (Å²) in [5.74, 6) is 0.772. The van der Waals surface area contributed by atoms with Crippen molar-refractivity contribution in [2.75, 3.05) is 6.54 Å². The van der Waals surface area contributed by atoms with E-state index in [4.69, 9.17) is 4.42 Å². The Morgan fingerprint density at radius 3 is 2.42 bits per heavy atom. The first-order valence-electron chi connectivity index (χ1n) is 6.63. The van der Waals surface area contributed by atoms with Gasteiger partial charge < -0.3 is 9.52 Å². The van der Waals surface area contributed by atoms with Gasteiger partial charge in [-0.05, 0) is 20.3 Å². The summed E-state index contributed by atoms with van der Waals surface area (Å²) in [6.07, 6.45) is 4.04. The van der Waals surface area contributed by atoms with Crippen molar-refractivity contribution >= 4 is 10.0 Å². The minimum absolute atomic E-state index is 0.0861. The molecule has 0 aliphatic carbocycles. The number of aryl methyl sites for hydroxylation is 2. The summed E-state index contributed by atoms with van der Waals surface area (Å²) in [5.41, 5.74) is 0.346. The van der Waals surface area contributed by atoms with E-state index in [0.717, 1.165) is 25.7 Å². The lowest BCUT2D eigenvalue weighted by molar-refractivity contribution is 0.276. The van der Waals surface area contributed by atoms with Crippen molar-refractivity contribution in [3.8, 4) is 0 Å². The topological polar surface area (TPSA) is 79.5 Å². The third-order valence-corrected chi connectivity index (χ3v) is 4.73.